The first-order valence-electron chi connectivity index (χ1n) is 8.26. The largest absolute Gasteiger partial charge is 0.396 e. The van der Waals surface area contributed by atoms with Crippen LogP contribution in [0.4, 0.5) is 0 Å². The lowest BCUT2D eigenvalue weighted by Crippen LogP contribution is -2.44. The Kier molecular flexibility index (Phi) is 4.74. The average molecular weight is 273 g/mol. The van der Waals surface area contributed by atoms with Gasteiger partial charge in [-0.2, -0.15) is 0 Å². The zero-order chi connectivity index (χ0) is 13.8. The van der Waals surface area contributed by atoms with Crippen molar-refractivity contribution in [3.63, 3.8) is 0 Å². The van der Waals surface area contributed by atoms with E-state index < -0.39 is 0 Å². The third kappa shape index (κ3) is 3.24. The third-order valence-corrected chi connectivity index (χ3v) is 5.29. The molecule has 0 radical (unpaired) electrons. The van der Waals surface area contributed by atoms with Gasteiger partial charge in [0.15, 0.2) is 0 Å². The number of benzene rings is 1. The Balaban J connectivity index is 1.53. The van der Waals surface area contributed by atoms with E-state index in [0.717, 1.165) is 18.5 Å². The summed E-state index contributed by atoms with van der Waals surface area (Å²) in [5.74, 6) is 1.29. The molecular weight excluding hydrogens is 246 g/mol. The van der Waals surface area contributed by atoms with Crippen molar-refractivity contribution in [1.82, 2.24) is 4.90 Å². The van der Waals surface area contributed by atoms with Gasteiger partial charge in [0.1, 0.15) is 0 Å². The highest BCUT2D eigenvalue weighted by molar-refractivity contribution is 5.20. The average Bonchev–Trinajstić information content (AvgIpc) is 2.56. The van der Waals surface area contributed by atoms with E-state index in [9.17, 15) is 5.11 Å². The molecule has 2 fully saturated rings. The number of nitrogens with zero attached hydrogens (tertiary/aromatic N) is 1. The molecular formula is C18H27NO. The molecule has 1 aromatic carbocycles. The summed E-state index contributed by atoms with van der Waals surface area (Å²) in [6.45, 7) is 2.74. The minimum atomic E-state index is 0.371. The Morgan fingerprint density at radius 1 is 1.00 bits per heavy atom. The summed E-state index contributed by atoms with van der Waals surface area (Å²) in [6.07, 6.45) is 7.80. The lowest BCUT2D eigenvalue weighted by molar-refractivity contribution is 0.0696. The summed E-state index contributed by atoms with van der Waals surface area (Å²) in [6, 6.07) is 11.8. The predicted octanol–water partition coefficient (Wildman–Crippen LogP) is 3.42. The third-order valence-electron chi connectivity index (χ3n) is 5.29. The van der Waals surface area contributed by atoms with Crippen molar-refractivity contribution >= 4 is 0 Å². The summed E-state index contributed by atoms with van der Waals surface area (Å²) < 4.78 is 0. The van der Waals surface area contributed by atoms with E-state index in [-0.39, 0.29) is 0 Å². The van der Waals surface area contributed by atoms with Crippen molar-refractivity contribution in [3.8, 4) is 0 Å². The molecule has 1 saturated heterocycles. The maximum Gasteiger partial charge on any atom is 0.0471 e. The lowest BCUT2D eigenvalue weighted by atomic mass is 9.80. The maximum absolute atomic E-state index is 9.37. The molecule has 2 heteroatoms. The minimum Gasteiger partial charge on any atom is -0.396 e. The van der Waals surface area contributed by atoms with E-state index in [2.05, 4.69) is 35.2 Å². The molecule has 3 rings (SSSR count). The Bertz CT molecular complexity index is 397. The van der Waals surface area contributed by atoms with Crippen LogP contribution in [0.25, 0.3) is 0 Å². The number of likely N-dealkylation sites (tertiary alicyclic amines) is 1. The molecule has 1 saturated carbocycles. The normalized spacial score (nSPS) is 32.1. The Morgan fingerprint density at radius 3 is 2.45 bits per heavy atom. The monoisotopic (exact) mass is 273 g/mol. The van der Waals surface area contributed by atoms with E-state index >= 15 is 0 Å². The van der Waals surface area contributed by atoms with Crippen LogP contribution in [0.2, 0.25) is 0 Å². The number of aliphatic hydroxyl groups is 1. The number of piperidine rings is 1. The second-order valence-electron chi connectivity index (χ2n) is 6.60. The Morgan fingerprint density at radius 2 is 1.75 bits per heavy atom. The molecule has 0 unspecified atom stereocenters. The molecule has 1 N–H and O–H groups in total. The number of aliphatic hydroxyl groups excluding tert-OH is 1. The Labute approximate surface area is 122 Å². The number of hydrogen-bond donors (Lipinski definition) is 1. The van der Waals surface area contributed by atoms with Gasteiger partial charge in [0.2, 0.25) is 0 Å². The van der Waals surface area contributed by atoms with Crippen LogP contribution in [0.5, 0.6) is 0 Å². The fourth-order valence-corrected chi connectivity index (χ4v) is 4.08. The molecule has 0 amide bonds. The summed E-state index contributed by atoms with van der Waals surface area (Å²) in [5, 5.41) is 9.37. The highest BCUT2D eigenvalue weighted by atomic mass is 16.3. The predicted molar refractivity (Wildman–Crippen MR) is 82.8 cm³/mol. The van der Waals surface area contributed by atoms with Gasteiger partial charge in [-0.3, -0.25) is 0 Å². The molecule has 1 heterocycles. The molecule has 0 bridgehead atoms. The van der Waals surface area contributed by atoms with Crippen molar-refractivity contribution in [2.24, 2.45) is 5.92 Å². The van der Waals surface area contributed by atoms with Crippen LogP contribution in [0.1, 0.15) is 50.0 Å². The fourth-order valence-electron chi connectivity index (χ4n) is 4.08. The fraction of sp³-hybridized carbons (Fsp3) is 0.667. The van der Waals surface area contributed by atoms with Crippen LogP contribution >= 0.6 is 0 Å². The van der Waals surface area contributed by atoms with Crippen molar-refractivity contribution in [3.05, 3.63) is 35.9 Å². The van der Waals surface area contributed by atoms with Crippen LogP contribution in [0, 0.1) is 5.92 Å². The van der Waals surface area contributed by atoms with E-state index in [0.29, 0.717) is 12.5 Å². The van der Waals surface area contributed by atoms with Crippen LogP contribution in [0.15, 0.2) is 30.3 Å². The molecule has 20 heavy (non-hydrogen) atoms. The summed E-state index contributed by atoms with van der Waals surface area (Å²) >= 11 is 0. The molecule has 1 aliphatic heterocycles. The standard InChI is InChI=1S/C18H27NO/c20-14-15-5-4-12-19(13-15)18-10-8-17(9-11-18)16-6-2-1-3-7-16/h1-3,6-7,15,17-18,20H,4-5,8-14H2/t15-,17?,18?/m0/s1. The zero-order valence-electron chi connectivity index (χ0n) is 12.4. The second-order valence-corrected chi connectivity index (χ2v) is 6.60. The zero-order valence-corrected chi connectivity index (χ0v) is 12.4. The molecule has 1 atom stereocenters. The smallest absolute Gasteiger partial charge is 0.0471 e. The first kappa shape index (κ1) is 14.1. The summed E-state index contributed by atoms with van der Waals surface area (Å²) in [4.78, 5) is 2.66. The van der Waals surface area contributed by atoms with Gasteiger partial charge in [-0.05, 0) is 62.5 Å². The van der Waals surface area contributed by atoms with Crippen LogP contribution < -0.4 is 0 Å². The van der Waals surface area contributed by atoms with Crippen molar-refractivity contribution in [2.75, 3.05) is 19.7 Å². The number of hydrogen-bond acceptors (Lipinski definition) is 2. The summed E-state index contributed by atoms with van der Waals surface area (Å²) in [7, 11) is 0. The maximum atomic E-state index is 9.37. The van der Waals surface area contributed by atoms with Gasteiger partial charge in [0, 0.05) is 19.2 Å². The van der Waals surface area contributed by atoms with E-state index in [1.807, 2.05) is 0 Å². The van der Waals surface area contributed by atoms with Gasteiger partial charge in [-0.1, -0.05) is 30.3 Å². The number of rotatable bonds is 3. The van der Waals surface area contributed by atoms with Gasteiger partial charge in [0.05, 0.1) is 0 Å². The van der Waals surface area contributed by atoms with Crippen molar-refractivity contribution in [1.29, 1.82) is 0 Å². The SMILES string of the molecule is OC[C@H]1CCCN(C2CCC(c3ccccc3)CC2)C1. The van der Waals surface area contributed by atoms with E-state index in [1.165, 1.54) is 50.6 Å². The summed E-state index contributed by atoms with van der Waals surface area (Å²) in [5.41, 5.74) is 1.53. The van der Waals surface area contributed by atoms with Gasteiger partial charge < -0.3 is 10.0 Å². The first-order chi connectivity index (χ1) is 9.86. The van der Waals surface area contributed by atoms with Gasteiger partial charge >= 0.3 is 0 Å². The Hall–Kier alpha value is -0.860. The molecule has 2 nitrogen and oxygen atoms in total. The first-order valence-corrected chi connectivity index (χ1v) is 8.26. The van der Waals surface area contributed by atoms with Crippen LogP contribution in [0.3, 0.4) is 0 Å². The lowest BCUT2D eigenvalue weighted by Gasteiger charge is -2.41. The van der Waals surface area contributed by atoms with Gasteiger partial charge in [-0.25, -0.2) is 0 Å². The van der Waals surface area contributed by atoms with E-state index in [1.54, 1.807) is 0 Å². The van der Waals surface area contributed by atoms with Gasteiger partial charge in [0.25, 0.3) is 0 Å². The van der Waals surface area contributed by atoms with E-state index in [4.69, 9.17) is 0 Å². The van der Waals surface area contributed by atoms with Gasteiger partial charge in [-0.15, -0.1) is 0 Å². The molecule has 0 aromatic heterocycles. The molecule has 1 aliphatic carbocycles. The highest BCUT2D eigenvalue weighted by Crippen LogP contribution is 2.35. The topological polar surface area (TPSA) is 23.5 Å². The quantitative estimate of drug-likeness (QED) is 0.912. The van der Waals surface area contributed by atoms with Crippen molar-refractivity contribution in [2.45, 2.75) is 50.5 Å². The minimum absolute atomic E-state index is 0.371. The molecule has 0 spiro atoms. The molecule has 110 valence electrons. The molecule has 1 aromatic rings. The van der Waals surface area contributed by atoms with Crippen molar-refractivity contribution < 1.29 is 5.11 Å². The molecule has 2 aliphatic rings. The van der Waals surface area contributed by atoms with Crippen LogP contribution in [-0.4, -0.2) is 35.7 Å². The van der Waals surface area contributed by atoms with Crippen LogP contribution in [-0.2, 0) is 0 Å². The second kappa shape index (κ2) is 6.73. The highest BCUT2D eigenvalue weighted by Gasteiger charge is 2.29.